The van der Waals surface area contributed by atoms with E-state index in [9.17, 15) is 8.42 Å². The number of hydrogen-bond donors (Lipinski definition) is 0. The Balaban J connectivity index is 3.27. The molecule has 0 atom stereocenters. The highest BCUT2D eigenvalue weighted by Gasteiger charge is 2.20. The van der Waals surface area contributed by atoms with E-state index < -0.39 is 9.84 Å². The molecule has 1 rings (SSSR count). The fourth-order valence-electron chi connectivity index (χ4n) is 1.04. The molecule has 0 saturated carbocycles. The van der Waals surface area contributed by atoms with Crippen LogP contribution in [0.1, 0.15) is 33.4 Å². The second-order valence-corrected chi connectivity index (χ2v) is 6.55. The van der Waals surface area contributed by atoms with Gasteiger partial charge >= 0.3 is 0 Å². The van der Waals surface area contributed by atoms with Crippen molar-refractivity contribution in [2.24, 2.45) is 0 Å². The molecule has 5 heteroatoms. The molecule has 0 amide bonds. The largest absolute Gasteiger partial charge is 0.247 e. The van der Waals surface area contributed by atoms with Crippen molar-refractivity contribution in [3.63, 3.8) is 0 Å². The normalized spacial score (nSPS) is 12.8. The van der Waals surface area contributed by atoms with Crippen molar-refractivity contribution in [2.75, 3.05) is 5.75 Å². The molecule has 0 saturated heterocycles. The summed E-state index contributed by atoms with van der Waals surface area (Å²) in [6.45, 7) is 7.54. The fraction of sp³-hybridized carbons (Fsp3) is 0.600. The van der Waals surface area contributed by atoms with Gasteiger partial charge < -0.3 is 0 Å². The maximum atomic E-state index is 11.6. The van der Waals surface area contributed by atoms with E-state index in [1.54, 1.807) is 13.0 Å². The smallest absolute Gasteiger partial charge is 0.227 e. The standard InChI is InChI=1S/C10H16N2O2S/c1-5-15(13,14)9-11-7-6-8(12-9)10(2,3)4/h6-7H,5H2,1-4H3. The Morgan fingerprint density at radius 2 is 1.93 bits per heavy atom. The lowest BCUT2D eigenvalue weighted by molar-refractivity contribution is 0.548. The topological polar surface area (TPSA) is 59.9 Å². The average Bonchev–Trinajstić information content (AvgIpc) is 2.17. The van der Waals surface area contributed by atoms with Gasteiger partial charge in [0.15, 0.2) is 0 Å². The van der Waals surface area contributed by atoms with E-state index in [1.165, 1.54) is 6.20 Å². The molecule has 15 heavy (non-hydrogen) atoms. The highest BCUT2D eigenvalue weighted by atomic mass is 32.2. The molecule has 0 fully saturated rings. The minimum absolute atomic E-state index is 0.0284. The highest BCUT2D eigenvalue weighted by Crippen LogP contribution is 2.20. The quantitative estimate of drug-likeness (QED) is 0.721. The van der Waals surface area contributed by atoms with Crippen LogP contribution in [0.15, 0.2) is 17.4 Å². The van der Waals surface area contributed by atoms with Gasteiger partial charge in [0.25, 0.3) is 0 Å². The lowest BCUT2D eigenvalue weighted by Crippen LogP contribution is -2.17. The molecule has 0 aliphatic heterocycles. The number of rotatable bonds is 2. The summed E-state index contributed by atoms with van der Waals surface area (Å²) in [5.74, 6) is 0.0284. The van der Waals surface area contributed by atoms with Crippen LogP contribution in [0, 0.1) is 0 Å². The lowest BCUT2D eigenvalue weighted by atomic mass is 9.92. The molecule has 0 aromatic carbocycles. The van der Waals surface area contributed by atoms with Crippen LogP contribution >= 0.6 is 0 Å². The van der Waals surface area contributed by atoms with Crippen LogP contribution in [0.3, 0.4) is 0 Å². The lowest BCUT2D eigenvalue weighted by Gasteiger charge is -2.17. The maximum Gasteiger partial charge on any atom is 0.247 e. The number of hydrogen-bond acceptors (Lipinski definition) is 4. The molecule has 0 unspecified atom stereocenters. The zero-order valence-corrected chi connectivity index (χ0v) is 10.3. The van der Waals surface area contributed by atoms with E-state index in [-0.39, 0.29) is 16.3 Å². The summed E-state index contributed by atoms with van der Waals surface area (Å²) in [5, 5.41) is -0.0718. The SMILES string of the molecule is CCS(=O)(=O)c1nccc(C(C)(C)C)n1. The molecule has 1 heterocycles. The Bertz CT molecular complexity index is 447. The fourth-order valence-corrected chi connectivity index (χ4v) is 1.75. The summed E-state index contributed by atoms with van der Waals surface area (Å²) < 4.78 is 23.1. The van der Waals surface area contributed by atoms with Gasteiger partial charge in [0.05, 0.1) is 11.4 Å². The number of nitrogens with zero attached hydrogens (tertiary/aromatic N) is 2. The van der Waals surface area contributed by atoms with Crippen LogP contribution in [-0.4, -0.2) is 24.1 Å². The summed E-state index contributed by atoms with van der Waals surface area (Å²) in [6, 6.07) is 1.74. The van der Waals surface area contributed by atoms with Crippen molar-refractivity contribution in [1.29, 1.82) is 0 Å². The molecule has 1 aromatic rings. The Hall–Kier alpha value is -0.970. The third-order valence-corrected chi connectivity index (χ3v) is 3.57. The van der Waals surface area contributed by atoms with Gasteiger partial charge in [-0.25, -0.2) is 18.4 Å². The van der Waals surface area contributed by atoms with Crippen LogP contribution in [0.5, 0.6) is 0 Å². The minimum atomic E-state index is -3.30. The molecule has 0 spiro atoms. The zero-order chi connectivity index (χ0) is 11.7. The van der Waals surface area contributed by atoms with Crippen molar-refractivity contribution in [1.82, 2.24) is 9.97 Å². The summed E-state index contributed by atoms with van der Waals surface area (Å²) >= 11 is 0. The van der Waals surface area contributed by atoms with Crippen molar-refractivity contribution in [3.8, 4) is 0 Å². The Labute approximate surface area is 90.7 Å². The van der Waals surface area contributed by atoms with E-state index in [0.29, 0.717) is 0 Å². The molecule has 0 N–H and O–H groups in total. The van der Waals surface area contributed by atoms with Crippen molar-refractivity contribution < 1.29 is 8.42 Å². The Kier molecular flexibility index (Phi) is 3.13. The van der Waals surface area contributed by atoms with Crippen molar-refractivity contribution >= 4 is 9.84 Å². The molecule has 0 radical (unpaired) electrons. The van der Waals surface area contributed by atoms with E-state index in [2.05, 4.69) is 9.97 Å². The summed E-state index contributed by atoms with van der Waals surface area (Å²) in [7, 11) is -3.30. The molecule has 0 bridgehead atoms. The zero-order valence-electron chi connectivity index (χ0n) is 9.48. The second kappa shape index (κ2) is 3.89. The van der Waals surface area contributed by atoms with E-state index in [1.807, 2.05) is 20.8 Å². The van der Waals surface area contributed by atoms with E-state index in [0.717, 1.165) is 5.69 Å². The molecule has 84 valence electrons. The summed E-state index contributed by atoms with van der Waals surface area (Å²) in [4.78, 5) is 7.88. The second-order valence-electron chi connectivity index (χ2n) is 4.38. The van der Waals surface area contributed by atoms with Gasteiger partial charge in [-0.05, 0) is 6.07 Å². The Morgan fingerprint density at radius 3 is 2.40 bits per heavy atom. The average molecular weight is 228 g/mol. The molecule has 1 aromatic heterocycles. The first kappa shape index (κ1) is 12.1. The van der Waals surface area contributed by atoms with Crippen LogP contribution in [-0.2, 0) is 15.3 Å². The van der Waals surface area contributed by atoms with Gasteiger partial charge in [-0.3, -0.25) is 0 Å². The minimum Gasteiger partial charge on any atom is -0.227 e. The molecule has 0 aliphatic rings. The molecule has 0 aliphatic carbocycles. The van der Waals surface area contributed by atoms with Gasteiger partial charge in [0.1, 0.15) is 0 Å². The summed E-state index contributed by atoms with van der Waals surface area (Å²) in [5.41, 5.74) is 0.575. The van der Waals surface area contributed by atoms with Gasteiger partial charge in [-0.15, -0.1) is 0 Å². The first-order valence-electron chi connectivity index (χ1n) is 4.83. The highest BCUT2D eigenvalue weighted by molar-refractivity contribution is 7.91. The Morgan fingerprint density at radius 1 is 1.33 bits per heavy atom. The van der Waals surface area contributed by atoms with E-state index in [4.69, 9.17) is 0 Å². The van der Waals surface area contributed by atoms with Crippen LogP contribution in [0.4, 0.5) is 0 Å². The predicted molar refractivity (Wildman–Crippen MR) is 58.5 cm³/mol. The number of sulfone groups is 1. The van der Waals surface area contributed by atoms with E-state index >= 15 is 0 Å². The molecular weight excluding hydrogens is 212 g/mol. The summed E-state index contributed by atoms with van der Waals surface area (Å²) in [6.07, 6.45) is 1.50. The predicted octanol–water partition coefficient (Wildman–Crippen LogP) is 1.57. The van der Waals surface area contributed by atoms with Gasteiger partial charge in [0, 0.05) is 11.6 Å². The van der Waals surface area contributed by atoms with Crippen LogP contribution < -0.4 is 0 Å². The first-order chi connectivity index (χ1) is 6.77. The molecule has 4 nitrogen and oxygen atoms in total. The monoisotopic (exact) mass is 228 g/mol. The third-order valence-electron chi connectivity index (χ3n) is 2.06. The number of aromatic nitrogens is 2. The van der Waals surface area contributed by atoms with Crippen molar-refractivity contribution in [2.45, 2.75) is 38.3 Å². The van der Waals surface area contributed by atoms with Gasteiger partial charge in [-0.1, -0.05) is 27.7 Å². The first-order valence-corrected chi connectivity index (χ1v) is 6.49. The van der Waals surface area contributed by atoms with Crippen LogP contribution in [0.2, 0.25) is 0 Å². The van der Waals surface area contributed by atoms with Gasteiger partial charge in [0.2, 0.25) is 15.0 Å². The maximum absolute atomic E-state index is 11.6. The van der Waals surface area contributed by atoms with Gasteiger partial charge in [-0.2, -0.15) is 0 Å². The van der Waals surface area contributed by atoms with Crippen molar-refractivity contribution in [3.05, 3.63) is 18.0 Å². The van der Waals surface area contributed by atoms with Crippen LogP contribution in [0.25, 0.3) is 0 Å². The molecular formula is C10H16N2O2S. The third kappa shape index (κ3) is 2.75.